The fourth-order valence-electron chi connectivity index (χ4n) is 2.50. The summed E-state index contributed by atoms with van der Waals surface area (Å²) < 4.78 is 5.36. The van der Waals surface area contributed by atoms with Crippen LogP contribution in [0.2, 0.25) is 0 Å². The number of hydrogen-bond donors (Lipinski definition) is 0. The van der Waals surface area contributed by atoms with Crippen molar-refractivity contribution in [2.24, 2.45) is 5.92 Å². The third-order valence-corrected chi connectivity index (χ3v) is 4.30. The van der Waals surface area contributed by atoms with E-state index < -0.39 is 5.60 Å². The van der Waals surface area contributed by atoms with Gasteiger partial charge in [0.1, 0.15) is 5.60 Å². The van der Waals surface area contributed by atoms with E-state index in [2.05, 4.69) is 0 Å². The Bertz CT molecular complexity index is 522. The predicted molar refractivity (Wildman–Crippen MR) is 86.7 cm³/mol. The minimum absolute atomic E-state index is 0.0947. The molecule has 1 aliphatic heterocycles. The average Bonchev–Trinajstić information content (AvgIpc) is 3.06. The maximum absolute atomic E-state index is 12.5. The Balaban J connectivity index is 1.86. The Morgan fingerprint density at radius 2 is 2.18 bits per heavy atom. The minimum atomic E-state index is -0.505. The van der Waals surface area contributed by atoms with Gasteiger partial charge in [0.25, 0.3) is 0 Å². The molecule has 0 unspecified atom stereocenters. The van der Waals surface area contributed by atoms with Crippen molar-refractivity contribution in [3.8, 4) is 0 Å². The number of likely N-dealkylation sites (tertiary alicyclic amines) is 1. The summed E-state index contributed by atoms with van der Waals surface area (Å²) >= 11 is 1.63. The molecule has 0 radical (unpaired) electrons. The van der Waals surface area contributed by atoms with Gasteiger partial charge in [-0.05, 0) is 49.6 Å². The number of carbonyl (C=O) groups is 2. The van der Waals surface area contributed by atoms with Crippen molar-refractivity contribution < 1.29 is 14.3 Å². The molecule has 1 aromatic heterocycles. The lowest BCUT2D eigenvalue weighted by Crippen LogP contribution is -2.38. The summed E-state index contributed by atoms with van der Waals surface area (Å²) in [6.07, 6.45) is 0.370. The second-order valence-corrected chi connectivity index (χ2v) is 7.52. The molecule has 2 rings (SSSR count). The Hall–Kier alpha value is -1.56. The highest BCUT2D eigenvalue weighted by Gasteiger charge is 2.34. The van der Waals surface area contributed by atoms with E-state index in [1.54, 1.807) is 21.1 Å². The molecular weight excluding hydrogens is 300 g/mol. The molecule has 2 amide bonds. The summed E-state index contributed by atoms with van der Waals surface area (Å²) in [5, 5.41) is 4.05. The summed E-state index contributed by atoms with van der Waals surface area (Å²) in [6, 6.07) is 2.02. The van der Waals surface area contributed by atoms with E-state index in [0.29, 0.717) is 26.1 Å². The Morgan fingerprint density at radius 1 is 1.45 bits per heavy atom. The maximum Gasteiger partial charge on any atom is 0.410 e. The Kier molecular flexibility index (Phi) is 5.11. The van der Waals surface area contributed by atoms with Crippen LogP contribution >= 0.6 is 11.3 Å². The molecular formula is C16H24N2O3S. The van der Waals surface area contributed by atoms with E-state index >= 15 is 0 Å². The summed E-state index contributed by atoms with van der Waals surface area (Å²) in [4.78, 5) is 27.9. The number of hydrogen-bond acceptors (Lipinski definition) is 4. The molecule has 0 aliphatic carbocycles. The molecule has 1 aliphatic rings. The molecule has 1 aromatic rings. The van der Waals surface area contributed by atoms with E-state index in [1.165, 1.54) is 0 Å². The molecule has 0 N–H and O–H groups in total. The normalized spacial score (nSPS) is 18.4. The summed E-state index contributed by atoms with van der Waals surface area (Å²) in [6.45, 7) is 7.18. The second kappa shape index (κ2) is 6.69. The lowest BCUT2D eigenvalue weighted by molar-refractivity contribution is -0.134. The molecule has 6 heteroatoms. The third-order valence-electron chi connectivity index (χ3n) is 3.57. The van der Waals surface area contributed by atoms with Gasteiger partial charge < -0.3 is 14.5 Å². The van der Waals surface area contributed by atoms with Gasteiger partial charge in [-0.3, -0.25) is 4.79 Å². The van der Waals surface area contributed by atoms with Crippen LogP contribution in [0.1, 0.15) is 32.8 Å². The van der Waals surface area contributed by atoms with Crippen molar-refractivity contribution in [2.75, 3.05) is 20.1 Å². The highest BCUT2D eigenvalue weighted by molar-refractivity contribution is 7.07. The van der Waals surface area contributed by atoms with E-state index in [9.17, 15) is 9.59 Å². The van der Waals surface area contributed by atoms with E-state index in [-0.39, 0.29) is 17.9 Å². The quantitative estimate of drug-likeness (QED) is 0.859. The van der Waals surface area contributed by atoms with Gasteiger partial charge in [-0.2, -0.15) is 11.3 Å². The first kappa shape index (κ1) is 16.8. The van der Waals surface area contributed by atoms with Crippen LogP contribution in [-0.4, -0.2) is 47.5 Å². The van der Waals surface area contributed by atoms with Gasteiger partial charge in [-0.1, -0.05) is 0 Å². The van der Waals surface area contributed by atoms with Gasteiger partial charge in [0, 0.05) is 26.7 Å². The molecule has 22 heavy (non-hydrogen) atoms. The number of rotatable bonds is 3. The van der Waals surface area contributed by atoms with Crippen LogP contribution in [0.15, 0.2) is 16.8 Å². The monoisotopic (exact) mass is 324 g/mol. The van der Waals surface area contributed by atoms with Gasteiger partial charge in [0.05, 0.1) is 5.92 Å². The topological polar surface area (TPSA) is 49.9 Å². The molecule has 2 heterocycles. The molecule has 5 nitrogen and oxygen atoms in total. The first-order valence-corrected chi connectivity index (χ1v) is 8.44. The highest BCUT2D eigenvalue weighted by Crippen LogP contribution is 2.22. The van der Waals surface area contributed by atoms with Crippen molar-refractivity contribution >= 4 is 23.3 Å². The summed E-state index contributed by atoms with van der Waals surface area (Å²) in [5.41, 5.74) is 0.636. The van der Waals surface area contributed by atoms with Gasteiger partial charge in [-0.25, -0.2) is 4.79 Å². The van der Waals surface area contributed by atoms with Crippen molar-refractivity contribution in [1.29, 1.82) is 0 Å². The van der Waals surface area contributed by atoms with Gasteiger partial charge >= 0.3 is 6.09 Å². The largest absolute Gasteiger partial charge is 0.444 e. The van der Waals surface area contributed by atoms with Crippen molar-refractivity contribution in [2.45, 2.75) is 39.3 Å². The summed E-state index contributed by atoms with van der Waals surface area (Å²) in [7, 11) is 1.82. The van der Waals surface area contributed by atoms with E-state index in [4.69, 9.17) is 4.74 Å². The smallest absolute Gasteiger partial charge is 0.410 e. The van der Waals surface area contributed by atoms with Crippen LogP contribution in [0.25, 0.3) is 0 Å². The van der Waals surface area contributed by atoms with Crippen LogP contribution in [-0.2, 0) is 16.1 Å². The molecule has 1 fully saturated rings. The molecule has 122 valence electrons. The SMILES string of the molecule is CN(Cc1ccsc1)C(=O)[C@H]1CCN(C(=O)OC(C)(C)C)C1. The number of nitrogens with zero attached hydrogens (tertiary/aromatic N) is 2. The Morgan fingerprint density at radius 3 is 2.77 bits per heavy atom. The summed E-state index contributed by atoms with van der Waals surface area (Å²) in [5.74, 6) is -0.0339. The van der Waals surface area contributed by atoms with Crippen molar-refractivity contribution in [3.63, 3.8) is 0 Å². The minimum Gasteiger partial charge on any atom is -0.444 e. The standard InChI is InChI=1S/C16H24N2O3S/c1-16(2,3)21-15(20)18-7-5-13(10-18)14(19)17(4)9-12-6-8-22-11-12/h6,8,11,13H,5,7,9-10H2,1-4H3/t13-/m0/s1. The molecule has 0 aromatic carbocycles. The zero-order valence-electron chi connectivity index (χ0n) is 13.7. The highest BCUT2D eigenvalue weighted by atomic mass is 32.1. The first-order valence-electron chi connectivity index (χ1n) is 7.50. The number of amides is 2. The van der Waals surface area contributed by atoms with Crippen LogP contribution < -0.4 is 0 Å². The maximum atomic E-state index is 12.5. The fourth-order valence-corrected chi connectivity index (χ4v) is 3.16. The predicted octanol–water partition coefficient (Wildman–Crippen LogP) is 2.96. The molecule has 1 atom stereocenters. The van der Waals surface area contributed by atoms with Crippen LogP contribution in [0.5, 0.6) is 0 Å². The van der Waals surface area contributed by atoms with Gasteiger partial charge in [0.15, 0.2) is 0 Å². The number of thiophene rings is 1. The molecule has 1 saturated heterocycles. The van der Waals surface area contributed by atoms with Gasteiger partial charge in [-0.15, -0.1) is 0 Å². The van der Waals surface area contributed by atoms with Gasteiger partial charge in [0.2, 0.25) is 5.91 Å². The first-order chi connectivity index (χ1) is 10.3. The number of carbonyl (C=O) groups excluding carboxylic acids is 2. The fraction of sp³-hybridized carbons (Fsp3) is 0.625. The van der Waals surface area contributed by atoms with E-state index in [0.717, 1.165) is 5.56 Å². The number of ether oxygens (including phenoxy) is 1. The molecule has 0 bridgehead atoms. The third kappa shape index (κ3) is 4.47. The van der Waals surface area contributed by atoms with Crippen LogP contribution in [0.3, 0.4) is 0 Å². The lowest BCUT2D eigenvalue weighted by atomic mass is 10.1. The zero-order chi connectivity index (χ0) is 16.3. The van der Waals surface area contributed by atoms with Crippen molar-refractivity contribution in [1.82, 2.24) is 9.80 Å². The molecule has 0 spiro atoms. The Labute approximate surface area is 135 Å². The molecule has 0 saturated carbocycles. The second-order valence-electron chi connectivity index (χ2n) is 6.74. The zero-order valence-corrected chi connectivity index (χ0v) is 14.5. The van der Waals surface area contributed by atoms with E-state index in [1.807, 2.05) is 44.6 Å². The van der Waals surface area contributed by atoms with Crippen LogP contribution in [0, 0.1) is 5.92 Å². The van der Waals surface area contributed by atoms with Crippen molar-refractivity contribution in [3.05, 3.63) is 22.4 Å². The van der Waals surface area contributed by atoms with Crippen LogP contribution in [0.4, 0.5) is 4.79 Å². The lowest BCUT2D eigenvalue weighted by Gasteiger charge is -2.25. The average molecular weight is 324 g/mol.